The van der Waals surface area contributed by atoms with E-state index in [0.717, 1.165) is 10.5 Å². The molecule has 0 saturated carbocycles. The van der Waals surface area contributed by atoms with Gasteiger partial charge < -0.3 is 10.9 Å². The first-order valence-electron chi connectivity index (χ1n) is 5.41. The van der Waals surface area contributed by atoms with E-state index in [1.807, 2.05) is 19.1 Å². The Labute approximate surface area is 113 Å². The van der Waals surface area contributed by atoms with E-state index >= 15 is 0 Å². The van der Waals surface area contributed by atoms with Gasteiger partial charge in [-0.15, -0.1) is 5.10 Å². The van der Waals surface area contributed by atoms with E-state index < -0.39 is 0 Å². The molecule has 19 heavy (non-hydrogen) atoms. The second-order valence-electron chi connectivity index (χ2n) is 3.91. The van der Waals surface area contributed by atoms with Gasteiger partial charge in [-0.05, 0) is 30.3 Å². The quantitative estimate of drug-likeness (QED) is 0.331. The summed E-state index contributed by atoms with van der Waals surface area (Å²) in [6, 6.07) is 5.47. The number of nitrogens with zero attached hydrogens (tertiary/aromatic N) is 3. The first kappa shape index (κ1) is 13.2. The summed E-state index contributed by atoms with van der Waals surface area (Å²) >= 11 is 1.28. The minimum absolute atomic E-state index is 0.0201. The molecule has 0 aliphatic heterocycles. The van der Waals surface area contributed by atoms with E-state index in [4.69, 9.17) is 10.9 Å². The number of aromatic amines is 1. The average Bonchev–Trinajstić information content (AvgIpc) is 2.72. The highest BCUT2D eigenvalue weighted by molar-refractivity contribution is 7.99. The lowest BCUT2D eigenvalue weighted by molar-refractivity contribution is 0.318. The third-order valence-corrected chi connectivity index (χ3v) is 3.92. The zero-order valence-corrected chi connectivity index (χ0v) is 11.2. The van der Waals surface area contributed by atoms with Gasteiger partial charge in [-0.1, -0.05) is 17.3 Å². The molecule has 0 fully saturated rings. The Morgan fingerprint density at radius 2 is 2.32 bits per heavy atom. The van der Waals surface area contributed by atoms with E-state index in [9.17, 15) is 4.79 Å². The van der Waals surface area contributed by atoms with Gasteiger partial charge in [0, 0.05) is 17.5 Å². The van der Waals surface area contributed by atoms with Gasteiger partial charge >= 0.3 is 5.69 Å². The molecule has 8 heteroatoms. The molecule has 0 atom stereocenters. The Bertz CT molecular complexity index is 689. The second-order valence-corrected chi connectivity index (χ2v) is 4.89. The third-order valence-electron chi connectivity index (χ3n) is 2.63. The van der Waals surface area contributed by atoms with Crippen molar-refractivity contribution in [3.05, 3.63) is 39.8 Å². The maximum atomic E-state index is 11.3. The lowest BCUT2D eigenvalue weighted by Gasteiger charge is -2.10. The number of aromatic nitrogens is 3. The van der Waals surface area contributed by atoms with E-state index in [1.165, 1.54) is 16.3 Å². The van der Waals surface area contributed by atoms with Crippen LogP contribution in [0.5, 0.6) is 0 Å². The lowest BCUT2D eigenvalue weighted by atomic mass is 10.1. The Morgan fingerprint density at radius 1 is 1.58 bits per heavy atom. The average molecular weight is 279 g/mol. The molecule has 0 aliphatic carbocycles. The van der Waals surface area contributed by atoms with Gasteiger partial charge in [0.15, 0.2) is 11.0 Å². The van der Waals surface area contributed by atoms with Crippen molar-refractivity contribution in [1.82, 2.24) is 14.8 Å². The molecule has 2 rings (SSSR count). The molecule has 0 bridgehead atoms. The number of benzene rings is 1. The number of aryl methyl sites for hydroxylation is 1. The molecule has 0 amide bonds. The Hall–Kier alpha value is -2.22. The van der Waals surface area contributed by atoms with Crippen molar-refractivity contribution >= 4 is 17.6 Å². The molecule has 1 aromatic heterocycles. The highest BCUT2D eigenvalue weighted by atomic mass is 32.2. The van der Waals surface area contributed by atoms with Crippen LogP contribution in [0.4, 0.5) is 0 Å². The first-order chi connectivity index (χ1) is 9.04. The van der Waals surface area contributed by atoms with Crippen LogP contribution in [-0.2, 0) is 7.05 Å². The molecule has 100 valence electrons. The summed E-state index contributed by atoms with van der Waals surface area (Å²) in [6.07, 6.45) is 0. The highest BCUT2D eigenvalue weighted by Gasteiger charge is 2.14. The molecule has 4 N–H and O–H groups in total. The zero-order valence-electron chi connectivity index (χ0n) is 10.4. The number of nitrogens with one attached hydrogen (secondary N) is 1. The van der Waals surface area contributed by atoms with Gasteiger partial charge in [0.25, 0.3) is 0 Å². The molecular weight excluding hydrogens is 266 g/mol. The first-order valence-corrected chi connectivity index (χ1v) is 6.23. The number of oxime groups is 1. The van der Waals surface area contributed by atoms with E-state index in [1.54, 1.807) is 13.1 Å². The van der Waals surface area contributed by atoms with Crippen LogP contribution in [0.2, 0.25) is 0 Å². The Morgan fingerprint density at radius 3 is 2.89 bits per heavy atom. The molecule has 0 unspecified atom stereocenters. The Kier molecular flexibility index (Phi) is 3.61. The summed E-state index contributed by atoms with van der Waals surface area (Å²) in [5.41, 5.74) is 6.91. The van der Waals surface area contributed by atoms with Crippen molar-refractivity contribution < 1.29 is 5.21 Å². The summed E-state index contributed by atoms with van der Waals surface area (Å²) in [4.78, 5) is 12.1. The predicted molar refractivity (Wildman–Crippen MR) is 71.6 cm³/mol. The van der Waals surface area contributed by atoms with Crippen LogP contribution in [0.1, 0.15) is 11.1 Å². The van der Waals surface area contributed by atoms with Crippen molar-refractivity contribution in [2.45, 2.75) is 17.0 Å². The maximum Gasteiger partial charge on any atom is 0.343 e. The molecule has 0 spiro atoms. The van der Waals surface area contributed by atoms with E-state index in [-0.39, 0.29) is 11.5 Å². The van der Waals surface area contributed by atoms with Crippen LogP contribution >= 0.6 is 11.8 Å². The minimum Gasteiger partial charge on any atom is -0.409 e. The normalized spacial score (nSPS) is 11.8. The molecular formula is C11H13N5O2S. The highest BCUT2D eigenvalue weighted by Crippen LogP contribution is 2.31. The molecule has 0 aliphatic rings. The summed E-state index contributed by atoms with van der Waals surface area (Å²) in [7, 11) is 1.62. The third kappa shape index (κ3) is 2.48. The van der Waals surface area contributed by atoms with Crippen LogP contribution in [0.3, 0.4) is 0 Å². The smallest absolute Gasteiger partial charge is 0.343 e. The van der Waals surface area contributed by atoms with Gasteiger partial charge in [-0.25, -0.2) is 9.89 Å². The maximum absolute atomic E-state index is 11.3. The van der Waals surface area contributed by atoms with Crippen molar-refractivity contribution in [1.29, 1.82) is 0 Å². The number of amidine groups is 1. The SMILES string of the molecule is Cc1cccc(/C(N)=N/O)c1Sc1n[nH]c(=O)n1C. The van der Waals surface area contributed by atoms with Crippen LogP contribution in [0.15, 0.2) is 38.2 Å². The molecule has 0 radical (unpaired) electrons. The van der Waals surface area contributed by atoms with Gasteiger partial charge in [-0.3, -0.25) is 4.57 Å². The summed E-state index contributed by atoms with van der Waals surface area (Å²) in [5, 5.41) is 18.6. The molecule has 0 saturated heterocycles. The van der Waals surface area contributed by atoms with Crippen LogP contribution in [0.25, 0.3) is 0 Å². The van der Waals surface area contributed by atoms with E-state index in [2.05, 4.69) is 15.4 Å². The van der Waals surface area contributed by atoms with E-state index in [0.29, 0.717) is 10.7 Å². The minimum atomic E-state index is -0.290. The summed E-state index contributed by atoms with van der Waals surface area (Å²) < 4.78 is 1.40. The monoisotopic (exact) mass is 279 g/mol. The molecule has 1 heterocycles. The van der Waals surface area contributed by atoms with Crippen LogP contribution < -0.4 is 11.4 Å². The number of rotatable bonds is 3. The fourth-order valence-corrected chi connectivity index (χ4v) is 2.56. The molecule has 2 aromatic rings. The van der Waals surface area contributed by atoms with Crippen molar-refractivity contribution in [3.63, 3.8) is 0 Å². The fraction of sp³-hybridized carbons (Fsp3) is 0.182. The van der Waals surface area contributed by atoms with Crippen molar-refractivity contribution in [3.8, 4) is 0 Å². The number of hydrogen-bond acceptors (Lipinski definition) is 5. The topological polar surface area (TPSA) is 109 Å². The van der Waals surface area contributed by atoms with Gasteiger partial charge in [0.2, 0.25) is 0 Å². The van der Waals surface area contributed by atoms with Crippen LogP contribution in [0, 0.1) is 6.92 Å². The summed E-state index contributed by atoms with van der Waals surface area (Å²) in [5.74, 6) is 0.0201. The van der Waals surface area contributed by atoms with Crippen molar-refractivity contribution in [2.24, 2.45) is 17.9 Å². The van der Waals surface area contributed by atoms with Crippen molar-refractivity contribution in [2.75, 3.05) is 0 Å². The van der Waals surface area contributed by atoms with Crippen LogP contribution in [-0.4, -0.2) is 25.8 Å². The number of hydrogen-bond donors (Lipinski definition) is 3. The predicted octanol–water partition coefficient (Wildman–Crippen LogP) is 0.663. The number of nitrogens with two attached hydrogens (primary N) is 1. The second kappa shape index (κ2) is 5.19. The standard InChI is InChI=1S/C11H13N5O2S/c1-6-4-3-5-7(9(12)15-18)8(6)19-11-14-13-10(17)16(11)2/h3-5,18H,1-2H3,(H2,12,15)(H,13,17). The molecule has 7 nitrogen and oxygen atoms in total. The fourth-order valence-electron chi connectivity index (χ4n) is 1.56. The van der Waals surface area contributed by atoms with Gasteiger partial charge in [-0.2, -0.15) is 0 Å². The lowest BCUT2D eigenvalue weighted by Crippen LogP contribution is -2.15. The zero-order chi connectivity index (χ0) is 14.0. The Balaban J connectivity index is 2.50. The molecule has 1 aromatic carbocycles. The van der Waals surface area contributed by atoms with Gasteiger partial charge in [0.1, 0.15) is 0 Å². The largest absolute Gasteiger partial charge is 0.409 e. The number of H-pyrrole nitrogens is 1. The summed E-state index contributed by atoms with van der Waals surface area (Å²) in [6.45, 7) is 1.90. The van der Waals surface area contributed by atoms with Gasteiger partial charge in [0.05, 0.1) is 0 Å².